The van der Waals surface area contributed by atoms with Crippen molar-refractivity contribution in [2.24, 2.45) is 11.8 Å². The fourth-order valence-electron chi connectivity index (χ4n) is 3.18. The number of likely N-dealkylation sites (tertiary alicyclic amines) is 1. The van der Waals surface area contributed by atoms with Crippen LogP contribution >= 0.6 is 0 Å². The highest BCUT2D eigenvalue weighted by molar-refractivity contribution is 4.89. The zero-order valence-electron chi connectivity index (χ0n) is 11.0. The molecule has 1 saturated heterocycles. The summed E-state index contributed by atoms with van der Waals surface area (Å²) in [7, 11) is 2.22. The minimum absolute atomic E-state index is 0.330. The maximum Gasteiger partial charge on any atom is 0.0655 e. The van der Waals surface area contributed by atoms with Crippen LogP contribution < -0.4 is 5.32 Å². The van der Waals surface area contributed by atoms with Crippen molar-refractivity contribution in [3.8, 4) is 6.07 Å². The van der Waals surface area contributed by atoms with Gasteiger partial charge in [-0.15, -0.1) is 0 Å². The van der Waals surface area contributed by atoms with E-state index in [0.29, 0.717) is 12.0 Å². The number of rotatable bonds is 4. The maximum absolute atomic E-state index is 8.85. The molecule has 1 N–H and O–H groups in total. The Morgan fingerprint density at radius 3 is 2.59 bits per heavy atom. The minimum Gasteiger partial charge on any atom is -0.314 e. The largest absolute Gasteiger partial charge is 0.314 e. The van der Waals surface area contributed by atoms with Crippen LogP contribution in [0.4, 0.5) is 0 Å². The first kappa shape index (κ1) is 12.9. The standard InChI is InChI=1S/C14H25N3/c1-17-9-7-13(11-17)6-8-16-14-4-2-12(10-15)3-5-14/h12-14,16H,2-9,11H2,1H3. The quantitative estimate of drug-likeness (QED) is 0.810. The van der Waals surface area contributed by atoms with Gasteiger partial charge in [0.05, 0.1) is 6.07 Å². The van der Waals surface area contributed by atoms with Crippen molar-refractivity contribution < 1.29 is 0 Å². The molecule has 1 aliphatic carbocycles. The van der Waals surface area contributed by atoms with E-state index in [4.69, 9.17) is 5.26 Å². The average molecular weight is 235 g/mol. The molecule has 96 valence electrons. The molecule has 2 fully saturated rings. The number of nitrogens with one attached hydrogen (secondary N) is 1. The van der Waals surface area contributed by atoms with Crippen LogP contribution in [0.15, 0.2) is 0 Å². The van der Waals surface area contributed by atoms with Gasteiger partial charge in [0, 0.05) is 18.5 Å². The summed E-state index contributed by atoms with van der Waals surface area (Å²) in [4.78, 5) is 2.43. The number of hydrogen-bond donors (Lipinski definition) is 1. The normalized spacial score (nSPS) is 34.7. The highest BCUT2D eigenvalue weighted by atomic mass is 15.1. The Balaban J connectivity index is 1.56. The van der Waals surface area contributed by atoms with Gasteiger partial charge in [0.25, 0.3) is 0 Å². The van der Waals surface area contributed by atoms with Crippen molar-refractivity contribution in [3.63, 3.8) is 0 Å². The molecule has 1 atom stereocenters. The molecule has 0 bridgehead atoms. The monoisotopic (exact) mass is 235 g/mol. The molecule has 3 heteroatoms. The summed E-state index contributed by atoms with van der Waals surface area (Å²) in [6, 6.07) is 3.08. The molecule has 1 saturated carbocycles. The van der Waals surface area contributed by atoms with Crippen molar-refractivity contribution in [1.82, 2.24) is 10.2 Å². The van der Waals surface area contributed by atoms with Gasteiger partial charge in [0.1, 0.15) is 0 Å². The van der Waals surface area contributed by atoms with Crippen LogP contribution in [0.25, 0.3) is 0 Å². The van der Waals surface area contributed by atoms with E-state index in [1.165, 1.54) is 45.3 Å². The molecular formula is C14H25N3. The molecule has 2 aliphatic rings. The van der Waals surface area contributed by atoms with Gasteiger partial charge in [-0.1, -0.05) is 0 Å². The van der Waals surface area contributed by atoms with Crippen LogP contribution in [0.2, 0.25) is 0 Å². The lowest BCUT2D eigenvalue weighted by Gasteiger charge is -2.26. The van der Waals surface area contributed by atoms with Gasteiger partial charge in [0.15, 0.2) is 0 Å². The summed E-state index contributed by atoms with van der Waals surface area (Å²) in [5.41, 5.74) is 0. The Labute approximate surface area is 105 Å². The first-order valence-corrected chi connectivity index (χ1v) is 7.09. The Morgan fingerprint density at radius 2 is 2.00 bits per heavy atom. The molecule has 2 rings (SSSR count). The Bertz CT molecular complexity index is 263. The predicted octanol–water partition coefficient (Wildman–Crippen LogP) is 2.00. The van der Waals surface area contributed by atoms with Gasteiger partial charge in [-0.05, 0) is 64.6 Å². The van der Waals surface area contributed by atoms with Crippen molar-refractivity contribution in [3.05, 3.63) is 0 Å². The number of nitriles is 1. The molecular weight excluding hydrogens is 210 g/mol. The van der Waals surface area contributed by atoms with Crippen molar-refractivity contribution in [2.75, 3.05) is 26.7 Å². The van der Waals surface area contributed by atoms with E-state index in [2.05, 4.69) is 23.3 Å². The van der Waals surface area contributed by atoms with Crippen LogP contribution in [-0.2, 0) is 0 Å². The van der Waals surface area contributed by atoms with Crippen molar-refractivity contribution in [2.45, 2.75) is 44.6 Å². The number of hydrogen-bond acceptors (Lipinski definition) is 3. The summed E-state index contributed by atoms with van der Waals surface area (Å²) in [6.45, 7) is 3.72. The van der Waals surface area contributed by atoms with Crippen molar-refractivity contribution in [1.29, 1.82) is 5.26 Å². The molecule has 1 aliphatic heterocycles. The van der Waals surface area contributed by atoms with Gasteiger partial charge >= 0.3 is 0 Å². The summed E-state index contributed by atoms with van der Waals surface area (Å²) >= 11 is 0. The predicted molar refractivity (Wildman–Crippen MR) is 69.6 cm³/mol. The van der Waals surface area contributed by atoms with Crippen LogP contribution in [0.1, 0.15) is 38.5 Å². The lowest BCUT2D eigenvalue weighted by atomic mass is 9.87. The second kappa shape index (κ2) is 6.37. The average Bonchev–Trinajstić information content (AvgIpc) is 2.76. The van der Waals surface area contributed by atoms with Gasteiger partial charge in [-0.25, -0.2) is 0 Å². The zero-order valence-corrected chi connectivity index (χ0v) is 11.0. The van der Waals surface area contributed by atoms with E-state index in [1.54, 1.807) is 0 Å². The third-order valence-electron chi connectivity index (χ3n) is 4.38. The summed E-state index contributed by atoms with van der Waals surface area (Å²) in [5.74, 6) is 1.24. The van der Waals surface area contributed by atoms with E-state index in [0.717, 1.165) is 18.8 Å². The third-order valence-corrected chi connectivity index (χ3v) is 4.38. The maximum atomic E-state index is 8.85. The number of nitrogens with zero attached hydrogens (tertiary/aromatic N) is 2. The van der Waals surface area contributed by atoms with Gasteiger partial charge < -0.3 is 10.2 Å². The van der Waals surface area contributed by atoms with E-state index >= 15 is 0 Å². The van der Waals surface area contributed by atoms with E-state index < -0.39 is 0 Å². The molecule has 0 spiro atoms. The summed E-state index contributed by atoms with van der Waals surface area (Å²) < 4.78 is 0. The Hall–Kier alpha value is -0.590. The fraction of sp³-hybridized carbons (Fsp3) is 0.929. The fourth-order valence-corrected chi connectivity index (χ4v) is 3.18. The zero-order chi connectivity index (χ0) is 12.1. The molecule has 1 heterocycles. The van der Waals surface area contributed by atoms with Crippen LogP contribution in [0.3, 0.4) is 0 Å². The highest BCUT2D eigenvalue weighted by Gasteiger charge is 2.22. The van der Waals surface area contributed by atoms with Gasteiger partial charge in [0.2, 0.25) is 0 Å². The molecule has 0 aromatic rings. The third kappa shape index (κ3) is 3.97. The molecule has 0 radical (unpaired) electrons. The molecule has 0 aromatic carbocycles. The second-order valence-corrected chi connectivity index (χ2v) is 5.84. The first-order valence-electron chi connectivity index (χ1n) is 7.09. The molecule has 0 aromatic heterocycles. The SMILES string of the molecule is CN1CCC(CCNC2CCC(C#N)CC2)C1. The highest BCUT2D eigenvalue weighted by Crippen LogP contribution is 2.24. The van der Waals surface area contributed by atoms with Gasteiger partial charge in [-0.2, -0.15) is 5.26 Å². The Morgan fingerprint density at radius 1 is 1.24 bits per heavy atom. The molecule has 3 nitrogen and oxygen atoms in total. The summed E-state index contributed by atoms with van der Waals surface area (Å²) in [6.07, 6.45) is 7.29. The van der Waals surface area contributed by atoms with E-state index in [-0.39, 0.29) is 0 Å². The summed E-state index contributed by atoms with van der Waals surface area (Å²) in [5, 5.41) is 12.5. The van der Waals surface area contributed by atoms with Crippen LogP contribution in [-0.4, -0.2) is 37.6 Å². The van der Waals surface area contributed by atoms with Crippen molar-refractivity contribution >= 4 is 0 Å². The topological polar surface area (TPSA) is 39.1 Å². The molecule has 1 unspecified atom stereocenters. The minimum atomic E-state index is 0.330. The first-order chi connectivity index (χ1) is 8.28. The van der Waals surface area contributed by atoms with E-state index in [9.17, 15) is 0 Å². The van der Waals surface area contributed by atoms with Crippen LogP contribution in [0, 0.1) is 23.2 Å². The van der Waals surface area contributed by atoms with Crippen LogP contribution in [0.5, 0.6) is 0 Å². The lowest BCUT2D eigenvalue weighted by molar-refractivity contribution is 0.321. The molecule has 17 heavy (non-hydrogen) atoms. The second-order valence-electron chi connectivity index (χ2n) is 5.84. The smallest absolute Gasteiger partial charge is 0.0655 e. The molecule has 0 amide bonds. The Kier molecular flexibility index (Phi) is 4.82. The lowest BCUT2D eigenvalue weighted by Crippen LogP contribution is -2.34. The van der Waals surface area contributed by atoms with E-state index in [1.807, 2.05) is 0 Å². The van der Waals surface area contributed by atoms with Gasteiger partial charge in [-0.3, -0.25) is 0 Å².